The Morgan fingerprint density at radius 3 is 2.39 bits per heavy atom. The van der Waals surface area contributed by atoms with Crippen LogP contribution in [-0.4, -0.2) is 37.8 Å². The first-order chi connectivity index (χ1) is 13.2. The maximum atomic E-state index is 12.8. The summed E-state index contributed by atoms with van der Waals surface area (Å²) in [6, 6.07) is 6.65. The summed E-state index contributed by atoms with van der Waals surface area (Å²) in [4.78, 5) is 12.9. The van der Waals surface area contributed by atoms with E-state index in [0.717, 1.165) is 38.5 Å². The SMILES string of the molecule is CCC(C)(C)C1CCC(NC(=O)c2cccc(S(=O)(=O)N3CCCC3)c2)CC1. The average molecular weight is 407 g/mol. The first-order valence-electron chi connectivity index (χ1n) is 10.6. The molecule has 28 heavy (non-hydrogen) atoms. The molecule has 1 aromatic carbocycles. The molecule has 0 unspecified atom stereocenters. The van der Waals surface area contributed by atoms with Gasteiger partial charge in [0.2, 0.25) is 10.0 Å². The number of amides is 1. The number of rotatable bonds is 6. The number of sulfonamides is 1. The summed E-state index contributed by atoms with van der Waals surface area (Å²) < 4.78 is 27.0. The van der Waals surface area contributed by atoms with E-state index in [-0.39, 0.29) is 16.8 Å². The Bertz CT molecular complexity index is 790. The molecule has 1 saturated carbocycles. The highest BCUT2D eigenvalue weighted by Gasteiger charge is 2.32. The number of benzene rings is 1. The fourth-order valence-corrected chi connectivity index (χ4v) is 6.02. The molecule has 0 atom stereocenters. The van der Waals surface area contributed by atoms with Crippen LogP contribution < -0.4 is 5.32 Å². The van der Waals surface area contributed by atoms with Crippen molar-refractivity contribution in [2.24, 2.45) is 11.3 Å². The van der Waals surface area contributed by atoms with E-state index in [9.17, 15) is 13.2 Å². The van der Waals surface area contributed by atoms with Crippen LogP contribution in [0.25, 0.3) is 0 Å². The van der Waals surface area contributed by atoms with Gasteiger partial charge in [-0.15, -0.1) is 0 Å². The molecule has 5 nitrogen and oxygen atoms in total. The van der Waals surface area contributed by atoms with Crippen molar-refractivity contribution in [3.05, 3.63) is 29.8 Å². The Kier molecular flexibility index (Phi) is 6.50. The zero-order chi connectivity index (χ0) is 20.4. The highest BCUT2D eigenvalue weighted by molar-refractivity contribution is 7.89. The quantitative estimate of drug-likeness (QED) is 0.770. The van der Waals surface area contributed by atoms with Crippen LogP contribution in [0, 0.1) is 11.3 Å². The zero-order valence-corrected chi connectivity index (χ0v) is 18.2. The molecule has 156 valence electrons. The monoisotopic (exact) mass is 406 g/mol. The van der Waals surface area contributed by atoms with Crippen LogP contribution in [0.5, 0.6) is 0 Å². The fourth-order valence-electron chi connectivity index (χ4n) is 4.45. The lowest BCUT2D eigenvalue weighted by atomic mass is 9.69. The van der Waals surface area contributed by atoms with E-state index in [0.29, 0.717) is 30.0 Å². The summed E-state index contributed by atoms with van der Waals surface area (Å²) in [6.45, 7) is 8.05. The maximum absolute atomic E-state index is 12.8. The minimum absolute atomic E-state index is 0.170. The summed E-state index contributed by atoms with van der Waals surface area (Å²) >= 11 is 0. The van der Waals surface area contributed by atoms with E-state index >= 15 is 0 Å². The Hall–Kier alpha value is -1.40. The molecule has 1 N–H and O–H groups in total. The summed E-state index contributed by atoms with van der Waals surface area (Å²) in [5.74, 6) is 0.538. The summed E-state index contributed by atoms with van der Waals surface area (Å²) in [5, 5.41) is 3.13. The molecule has 1 aliphatic heterocycles. The maximum Gasteiger partial charge on any atom is 0.251 e. The standard InChI is InChI=1S/C22H34N2O3S/c1-4-22(2,3)18-10-12-19(13-11-18)23-21(25)17-8-7-9-20(16-17)28(26,27)24-14-5-6-15-24/h7-9,16,18-19H,4-6,10-15H2,1-3H3,(H,23,25). The molecule has 0 bridgehead atoms. The largest absolute Gasteiger partial charge is 0.349 e. The van der Waals surface area contributed by atoms with Crippen LogP contribution in [0.15, 0.2) is 29.2 Å². The minimum atomic E-state index is -3.50. The van der Waals surface area contributed by atoms with Crippen molar-refractivity contribution in [1.29, 1.82) is 0 Å². The van der Waals surface area contributed by atoms with E-state index in [1.54, 1.807) is 18.2 Å². The number of carbonyl (C=O) groups is 1. The molecule has 0 spiro atoms. The topological polar surface area (TPSA) is 66.5 Å². The van der Waals surface area contributed by atoms with Crippen LogP contribution in [0.4, 0.5) is 0 Å². The predicted octanol–water partition coefficient (Wildman–Crippen LogP) is 4.20. The highest BCUT2D eigenvalue weighted by Crippen LogP contribution is 2.40. The molecule has 0 aromatic heterocycles. The first-order valence-corrected chi connectivity index (χ1v) is 12.1. The second-order valence-corrected chi connectivity index (χ2v) is 10.9. The zero-order valence-electron chi connectivity index (χ0n) is 17.4. The van der Waals surface area contributed by atoms with E-state index in [4.69, 9.17) is 0 Å². The Morgan fingerprint density at radius 1 is 1.14 bits per heavy atom. The molecule has 1 aliphatic carbocycles. The van der Waals surface area contributed by atoms with Gasteiger partial charge in [-0.2, -0.15) is 4.31 Å². The van der Waals surface area contributed by atoms with E-state index in [1.807, 2.05) is 0 Å². The normalized spacial score (nSPS) is 24.2. The molecule has 0 radical (unpaired) electrons. The van der Waals surface area contributed by atoms with Gasteiger partial charge in [-0.05, 0) is 68.1 Å². The van der Waals surface area contributed by atoms with Crippen LogP contribution in [0.1, 0.15) is 76.1 Å². The molecular weight excluding hydrogens is 372 g/mol. The second-order valence-electron chi connectivity index (χ2n) is 9.00. The number of nitrogens with one attached hydrogen (secondary N) is 1. The third-order valence-corrected chi connectivity index (χ3v) is 8.77. The van der Waals surface area contributed by atoms with Crippen molar-refractivity contribution in [3.8, 4) is 0 Å². The van der Waals surface area contributed by atoms with Crippen LogP contribution in [0.3, 0.4) is 0 Å². The lowest BCUT2D eigenvalue weighted by Crippen LogP contribution is -2.40. The molecule has 6 heteroatoms. The molecular formula is C22H34N2O3S. The third-order valence-electron chi connectivity index (χ3n) is 6.88. The molecule has 1 aromatic rings. The number of hydrogen-bond donors (Lipinski definition) is 1. The van der Waals surface area contributed by atoms with Crippen LogP contribution in [0.2, 0.25) is 0 Å². The Labute approximate surface area is 169 Å². The van der Waals surface area contributed by atoms with Gasteiger partial charge in [0.15, 0.2) is 0 Å². The predicted molar refractivity (Wildman–Crippen MR) is 112 cm³/mol. The minimum Gasteiger partial charge on any atom is -0.349 e. The van der Waals surface area contributed by atoms with Gasteiger partial charge in [0, 0.05) is 24.7 Å². The Balaban J connectivity index is 1.63. The smallest absolute Gasteiger partial charge is 0.251 e. The van der Waals surface area contributed by atoms with Crippen LogP contribution in [-0.2, 0) is 10.0 Å². The average Bonchev–Trinajstić information content (AvgIpc) is 3.24. The third kappa shape index (κ3) is 4.60. The molecule has 1 heterocycles. The Morgan fingerprint density at radius 2 is 1.79 bits per heavy atom. The number of hydrogen-bond acceptors (Lipinski definition) is 3. The van der Waals surface area contributed by atoms with Crippen molar-refractivity contribution in [2.75, 3.05) is 13.1 Å². The van der Waals surface area contributed by atoms with Gasteiger partial charge in [0.1, 0.15) is 0 Å². The van der Waals surface area contributed by atoms with Gasteiger partial charge in [-0.25, -0.2) is 8.42 Å². The molecule has 1 amide bonds. The van der Waals surface area contributed by atoms with Crippen molar-refractivity contribution < 1.29 is 13.2 Å². The van der Waals surface area contributed by atoms with E-state index < -0.39 is 10.0 Å². The van der Waals surface area contributed by atoms with E-state index in [1.165, 1.54) is 16.8 Å². The van der Waals surface area contributed by atoms with Crippen molar-refractivity contribution >= 4 is 15.9 Å². The summed E-state index contributed by atoms with van der Waals surface area (Å²) in [5.41, 5.74) is 0.782. The molecule has 1 saturated heterocycles. The molecule has 3 rings (SSSR count). The highest BCUT2D eigenvalue weighted by atomic mass is 32.2. The second kappa shape index (κ2) is 8.54. The van der Waals surface area contributed by atoms with Gasteiger partial charge in [-0.3, -0.25) is 4.79 Å². The van der Waals surface area contributed by atoms with Gasteiger partial charge in [-0.1, -0.05) is 33.3 Å². The number of carbonyl (C=O) groups excluding carboxylic acids is 1. The lowest BCUT2D eigenvalue weighted by molar-refractivity contribution is 0.0893. The summed E-state index contributed by atoms with van der Waals surface area (Å²) in [6.07, 6.45) is 7.22. The molecule has 2 aliphatic rings. The van der Waals surface area contributed by atoms with Crippen LogP contribution >= 0.6 is 0 Å². The molecule has 2 fully saturated rings. The van der Waals surface area contributed by atoms with Crippen molar-refractivity contribution in [1.82, 2.24) is 9.62 Å². The van der Waals surface area contributed by atoms with Gasteiger partial charge >= 0.3 is 0 Å². The first kappa shape index (κ1) is 21.3. The lowest BCUT2D eigenvalue weighted by Gasteiger charge is -2.39. The summed E-state index contributed by atoms with van der Waals surface area (Å²) in [7, 11) is -3.50. The van der Waals surface area contributed by atoms with Crippen molar-refractivity contribution in [3.63, 3.8) is 0 Å². The van der Waals surface area contributed by atoms with Crippen molar-refractivity contribution in [2.45, 2.75) is 76.7 Å². The van der Waals surface area contributed by atoms with E-state index in [2.05, 4.69) is 26.1 Å². The fraction of sp³-hybridized carbons (Fsp3) is 0.682. The van der Waals surface area contributed by atoms with Gasteiger partial charge in [0.05, 0.1) is 4.90 Å². The van der Waals surface area contributed by atoms with Gasteiger partial charge in [0.25, 0.3) is 5.91 Å². The van der Waals surface area contributed by atoms with Gasteiger partial charge < -0.3 is 5.32 Å². The number of nitrogens with zero attached hydrogens (tertiary/aromatic N) is 1.